The van der Waals surface area contributed by atoms with Crippen LogP contribution in [0.25, 0.3) is 5.69 Å². The molecule has 0 unspecified atom stereocenters. The van der Waals surface area contributed by atoms with Crippen molar-refractivity contribution in [1.82, 2.24) is 14.9 Å². The monoisotopic (exact) mass is 482 g/mol. The number of benzene rings is 2. The lowest BCUT2D eigenvalue weighted by Crippen LogP contribution is -2.30. The van der Waals surface area contributed by atoms with Gasteiger partial charge < -0.3 is 19.5 Å². The van der Waals surface area contributed by atoms with Crippen molar-refractivity contribution < 1.29 is 9.53 Å². The first-order valence-corrected chi connectivity index (χ1v) is 12.0. The van der Waals surface area contributed by atoms with Crippen molar-refractivity contribution >= 4 is 29.0 Å². The molecule has 35 heavy (non-hydrogen) atoms. The van der Waals surface area contributed by atoms with E-state index in [1.807, 2.05) is 42.6 Å². The number of pyridine rings is 1. The summed E-state index contributed by atoms with van der Waals surface area (Å²) in [6, 6.07) is 25.7. The number of rotatable bonds is 6. The highest BCUT2D eigenvalue weighted by molar-refractivity contribution is 7.80. The second-order valence-electron chi connectivity index (χ2n) is 8.36. The number of hydrogen-bond acceptors (Lipinski definition) is 4. The molecule has 0 saturated carbocycles. The van der Waals surface area contributed by atoms with Crippen LogP contribution in [0.1, 0.15) is 46.3 Å². The topological polar surface area (TPSA) is 59.4 Å². The molecule has 7 heteroatoms. The van der Waals surface area contributed by atoms with Gasteiger partial charge in [-0.2, -0.15) is 0 Å². The van der Waals surface area contributed by atoms with E-state index in [4.69, 9.17) is 17.0 Å². The first-order valence-electron chi connectivity index (χ1n) is 11.6. The number of nitrogens with one attached hydrogen (secondary N) is 1. The van der Waals surface area contributed by atoms with E-state index in [1.54, 1.807) is 18.3 Å². The van der Waals surface area contributed by atoms with Gasteiger partial charge in [-0.3, -0.25) is 4.98 Å². The van der Waals surface area contributed by atoms with Crippen molar-refractivity contribution in [3.05, 3.63) is 114 Å². The summed E-state index contributed by atoms with van der Waals surface area (Å²) in [6.07, 6.45) is 4.81. The van der Waals surface area contributed by atoms with Crippen molar-refractivity contribution in [3.8, 4) is 5.69 Å². The average molecular weight is 483 g/mol. The molecule has 0 amide bonds. The molecule has 0 radical (unpaired) electrons. The number of aromatic nitrogens is 2. The van der Waals surface area contributed by atoms with E-state index in [9.17, 15) is 4.79 Å². The van der Waals surface area contributed by atoms with Gasteiger partial charge in [-0.05, 0) is 84.9 Å². The van der Waals surface area contributed by atoms with Crippen LogP contribution < -0.4 is 10.2 Å². The largest absolute Gasteiger partial charge is 0.465 e. The summed E-state index contributed by atoms with van der Waals surface area (Å²) in [5, 5.41) is 4.17. The molecule has 2 aromatic heterocycles. The molecule has 2 aromatic carbocycles. The Balaban J connectivity index is 1.60. The van der Waals surface area contributed by atoms with E-state index in [2.05, 4.69) is 57.0 Å². The fourth-order valence-electron chi connectivity index (χ4n) is 4.57. The molecule has 1 N–H and O–H groups in total. The Labute approximate surface area is 210 Å². The summed E-state index contributed by atoms with van der Waals surface area (Å²) in [5.41, 5.74) is 5.73. The maximum Gasteiger partial charge on any atom is 0.337 e. The molecule has 0 spiro atoms. The summed E-state index contributed by atoms with van der Waals surface area (Å²) in [5.74, 6) is -0.355. The normalized spacial score (nSPS) is 17.3. The SMILES string of the molecule is CCc1ccc(N2C(=S)N[C@@H](c3ccccn3)[C@@H]2c2cccn2-c2ccc(C(=O)OC)cc2)cc1. The number of esters is 1. The summed E-state index contributed by atoms with van der Waals surface area (Å²) in [6.45, 7) is 2.15. The Morgan fingerprint density at radius 3 is 2.40 bits per heavy atom. The van der Waals surface area contributed by atoms with Crippen LogP contribution in [-0.2, 0) is 11.2 Å². The van der Waals surface area contributed by atoms with Crippen LogP contribution in [0.15, 0.2) is 91.3 Å². The van der Waals surface area contributed by atoms with Gasteiger partial charge in [0.05, 0.1) is 24.4 Å². The molecule has 4 aromatic rings. The lowest BCUT2D eigenvalue weighted by Gasteiger charge is -2.29. The molecular weight excluding hydrogens is 456 g/mol. The van der Waals surface area contributed by atoms with Crippen LogP contribution in [0.4, 0.5) is 5.69 Å². The summed E-state index contributed by atoms with van der Waals surface area (Å²) < 4.78 is 6.97. The Kier molecular flexibility index (Phi) is 6.33. The smallest absolute Gasteiger partial charge is 0.337 e. The number of ether oxygens (including phenoxy) is 1. The second-order valence-corrected chi connectivity index (χ2v) is 8.74. The van der Waals surface area contributed by atoms with Gasteiger partial charge >= 0.3 is 5.97 Å². The first-order chi connectivity index (χ1) is 17.1. The molecule has 176 valence electrons. The van der Waals surface area contributed by atoms with Gasteiger partial charge in [0.1, 0.15) is 6.04 Å². The van der Waals surface area contributed by atoms with Gasteiger partial charge in [0, 0.05) is 29.5 Å². The van der Waals surface area contributed by atoms with Crippen molar-refractivity contribution in [1.29, 1.82) is 0 Å². The molecule has 0 bridgehead atoms. The molecule has 3 heterocycles. The zero-order valence-corrected chi connectivity index (χ0v) is 20.4. The van der Waals surface area contributed by atoms with E-state index in [0.29, 0.717) is 10.7 Å². The van der Waals surface area contributed by atoms with Crippen molar-refractivity contribution in [2.45, 2.75) is 25.4 Å². The highest BCUT2D eigenvalue weighted by Crippen LogP contribution is 2.42. The number of thiocarbonyl (C=S) groups is 1. The lowest BCUT2D eigenvalue weighted by molar-refractivity contribution is 0.0600. The zero-order valence-electron chi connectivity index (χ0n) is 19.6. The fraction of sp³-hybridized carbons (Fsp3) is 0.179. The van der Waals surface area contributed by atoms with Crippen LogP contribution >= 0.6 is 12.2 Å². The maximum absolute atomic E-state index is 11.9. The second kappa shape index (κ2) is 9.72. The summed E-state index contributed by atoms with van der Waals surface area (Å²) >= 11 is 5.86. The van der Waals surface area contributed by atoms with Crippen molar-refractivity contribution in [2.24, 2.45) is 0 Å². The Bertz CT molecular complexity index is 1330. The molecule has 0 aliphatic carbocycles. The maximum atomic E-state index is 11.9. The third kappa shape index (κ3) is 4.31. The van der Waals surface area contributed by atoms with Crippen LogP contribution in [-0.4, -0.2) is 27.7 Å². The molecule has 2 atom stereocenters. The average Bonchev–Trinajstić information content (AvgIpc) is 3.53. The van der Waals surface area contributed by atoms with Crippen LogP contribution in [0.5, 0.6) is 0 Å². The summed E-state index contributed by atoms with van der Waals surface area (Å²) in [4.78, 5) is 18.7. The number of hydrogen-bond donors (Lipinski definition) is 1. The fourth-order valence-corrected chi connectivity index (χ4v) is 4.92. The molecule has 5 rings (SSSR count). The third-order valence-electron chi connectivity index (χ3n) is 6.37. The highest BCUT2D eigenvalue weighted by atomic mass is 32.1. The third-order valence-corrected chi connectivity index (χ3v) is 6.69. The van der Waals surface area contributed by atoms with E-state index in [0.717, 1.165) is 29.2 Å². The molecule has 1 fully saturated rings. The predicted molar refractivity (Wildman–Crippen MR) is 141 cm³/mol. The highest BCUT2D eigenvalue weighted by Gasteiger charge is 2.42. The Morgan fingerprint density at radius 2 is 1.74 bits per heavy atom. The van der Waals surface area contributed by atoms with Gasteiger partial charge in [-0.25, -0.2) is 4.79 Å². The van der Waals surface area contributed by atoms with Crippen LogP contribution in [0.3, 0.4) is 0 Å². The standard InChI is InChI=1S/C28H26N4O2S/c1-3-19-9-13-22(14-10-19)32-26(25(30-28(32)35)23-7-4-5-17-29-23)24-8-6-18-31(24)21-15-11-20(12-16-21)27(33)34-2/h4-18,25-26H,3H2,1-2H3,(H,30,35)/t25-,26-/m0/s1. The minimum atomic E-state index is -0.355. The van der Waals surface area contributed by atoms with Crippen molar-refractivity contribution in [3.63, 3.8) is 0 Å². The number of aryl methyl sites for hydroxylation is 1. The van der Waals surface area contributed by atoms with Gasteiger partial charge in [0.25, 0.3) is 0 Å². The number of nitrogens with zero attached hydrogens (tertiary/aromatic N) is 3. The number of carbonyl (C=O) groups excluding carboxylic acids is 1. The number of carbonyl (C=O) groups is 1. The zero-order chi connectivity index (χ0) is 24.4. The minimum Gasteiger partial charge on any atom is -0.465 e. The number of methoxy groups -OCH3 is 1. The van der Waals surface area contributed by atoms with Gasteiger partial charge in [-0.1, -0.05) is 25.1 Å². The predicted octanol–water partition coefficient (Wildman–Crippen LogP) is 5.40. The molecule has 1 saturated heterocycles. The molecule has 6 nitrogen and oxygen atoms in total. The first kappa shape index (κ1) is 22.8. The summed E-state index contributed by atoms with van der Waals surface area (Å²) in [7, 11) is 1.38. The van der Waals surface area contributed by atoms with Gasteiger partial charge in [0.2, 0.25) is 0 Å². The van der Waals surface area contributed by atoms with Gasteiger partial charge in [0.15, 0.2) is 5.11 Å². The quantitative estimate of drug-likeness (QED) is 0.293. The minimum absolute atomic E-state index is 0.139. The lowest BCUT2D eigenvalue weighted by atomic mass is 10.0. The van der Waals surface area contributed by atoms with Gasteiger partial charge in [-0.15, -0.1) is 0 Å². The van der Waals surface area contributed by atoms with E-state index >= 15 is 0 Å². The molecule has 1 aliphatic rings. The Morgan fingerprint density at radius 1 is 1.00 bits per heavy atom. The van der Waals surface area contributed by atoms with Crippen molar-refractivity contribution in [2.75, 3.05) is 12.0 Å². The van der Waals surface area contributed by atoms with E-state index in [1.165, 1.54) is 12.7 Å². The van der Waals surface area contributed by atoms with Crippen LogP contribution in [0.2, 0.25) is 0 Å². The molecule has 1 aliphatic heterocycles. The Hall–Kier alpha value is -3.97. The molecular formula is C28H26N4O2S. The van der Waals surface area contributed by atoms with Crippen LogP contribution in [0, 0.1) is 0 Å². The number of anilines is 1. The van der Waals surface area contributed by atoms with E-state index < -0.39 is 0 Å². The van der Waals surface area contributed by atoms with E-state index in [-0.39, 0.29) is 18.1 Å².